The Bertz CT molecular complexity index is 565. The van der Waals surface area contributed by atoms with Crippen LogP contribution in [0.5, 0.6) is 0 Å². The summed E-state index contributed by atoms with van der Waals surface area (Å²) >= 11 is 10.4. The van der Waals surface area contributed by atoms with Crippen molar-refractivity contribution in [3.05, 3.63) is 29.3 Å². The number of hydrogen-bond donors (Lipinski definition) is 0. The molecular formula is C8H3Cl3O4S. The van der Waals surface area contributed by atoms with Crippen LogP contribution in [-0.2, 0) is 9.05 Å². The molecule has 0 fully saturated rings. The van der Waals surface area contributed by atoms with E-state index in [4.69, 9.17) is 33.9 Å². The van der Waals surface area contributed by atoms with E-state index in [0.29, 0.717) is 0 Å². The van der Waals surface area contributed by atoms with Crippen molar-refractivity contribution >= 4 is 53.4 Å². The maximum atomic E-state index is 11.1. The molecule has 1 rings (SSSR count). The lowest BCUT2D eigenvalue weighted by Crippen LogP contribution is -2.07. The van der Waals surface area contributed by atoms with Crippen molar-refractivity contribution in [2.75, 3.05) is 0 Å². The van der Waals surface area contributed by atoms with Gasteiger partial charge in [-0.2, -0.15) is 0 Å². The van der Waals surface area contributed by atoms with Crippen LogP contribution in [0.3, 0.4) is 0 Å². The highest BCUT2D eigenvalue weighted by molar-refractivity contribution is 8.13. The van der Waals surface area contributed by atoms with Gasteiger partial charge in [-0.05, 0) is 35.3 Å². The van der Waals surface area contributed by atoms with Crippen molar-refractivity contribution in [2.24, 2.45) is 0 Å². The molecule has 0 unspecified atom stereocenters. The van der Waals surface area contributed by atoms with E-state index in [1.807, 2.05) is 0 Å². The zero-order chi connectivity index (χ0) is 12.5. The van der Waals surface area contributed by atoms with Crippen molar-refractivity contribution in [1.82, 2.24) is 0 Å². The van der Waals surface area contributed by atoms with E-state index in [0.717, 1.165) is 6.07 Å². The van der Waals surface area contributed by atoms with Gasteiger partial charge in [-0.15, -0.1) is 0 Å². The number of halogens is 3. The summed E-state index contributed by atoms with van der Waals surface area (Å²) in [6, 6.07) is 3.46. The second-order valence-corrected chi connectivity index (χ2v) is 5.88. The number of benzene rings is 1. The summed E-state index contributed by atoms with van der Waals surface area (Å²) in [4.78, 5) is 21.5. The number of hydrogen-bond acceptors (Lipinski definition) is 4. The normalized spacial score (nSPS) is 11.2. The number of carbonyl (C=O) groups is 2. The molecule has 0 spiro atoms. The Morgan fingerprint density at radius 3 is 2.00 bits per heavy atom. The van der Waals surface area contributed by atoms with Crippen LogP contribution in [0.4, 0.5) is 0 Å². The Balaban J connectivity index is 3.72. The van der Waals surface area contributed by atoms with Gasteiger partial charge in [-0.25, -0.2) is 8.42 Å². The third-order valence-electron chi connectivity index (χ3n) is 1.70. The van der Waals surface area contributed by atoms with Gasteiger partial charge in [0.15, 0.2) is 0 Å². The minimum absolute atomic E-state index is 0.302. The molecule has 8 heteroatoms. The van der Waals surface area contributed by atoms with Crippen LogP contribution >= 0.6 is 33.9 Å². The summed E-state index contributed by atoms with van der Waals surface area (Å²) in [5, 5.41) is -2.12. The Hall–Kier alpha value is -0.620. The van der Waals surface area contributed by atoms with E-state index in [2.05, 4.69) is 0 Å². The Kier molecular flexibility index (Phi) is 3.96. The maximum absolute atomic E-state index is 11.1. The van der Waals surface area contributed by atoms with Crippen molar-refractivity contribution in [1.29, 1.82) is 0 Å². The van der Waals surface area contributed by atoms with Gasteiger partial charge in [-0.1, -0.05) is 6.07 Å². The van der Waals surface area contributed by atoms with Gasteiger partial charge in [0.05, 0.1) is 10.5 Å². The largest absolute Gasteiger partial charge is 0.276 e. The van der Waals surface area contributed by atoms with Crippen molar-refractivity contribution in [3.8, 4) is 0 Å². The maximum Gasteiger partial charge on any atom is 0.262 e. The molecule has 0 aliphatic carbocycles. The Morgan fingerprint density at radius 1 is 1.06 bits per heavy atom. The van der Waals surface area contributed by atoms with Crippen LogP contribution in [0.15, 0.2) is 23.1 Å². The van der Waals surface area contributed by atoms with Crippen LogP contribution < -0.4 is 0 Å². The van der Waals surface area contributed by atoms with E-state index in [9.17, 15) is 18.0 Å². The first-order valence-electron chi connectivity index (χ1n) is 3.72. The van der Waals surface area contributed by atoms with E-state index >= 15 is 0 Å². The Labute approximate surface area is 106 Å². The molecule has 0 bridgehead atoms. The molecule has 0 saturated heterocycles. The average molecular weight is 302 g/mol. The minimum Gasteiger partial charge on any atom is -0.276 e. The van der Waals surface area contributed by atoms with Gasteiger partial charge in [0.2, 0.25) is 0 Å². The van der Waals surface area contributed by atoms with Gasteiger partial charge < -0.3 is 0 Å². The molecule has 0 radical (unpaired) electrons. The highest BCUT2D eigenvalue weighted by Crippen LogP contribution is 2.25. The van der Waals surface area contributed by atoms with Crippen LogP contribution in [0, 0.1) is 0 Å². The van der Waals surface area contributed by atoms with Crippen LogP contribution in [0.2, 0.25) is 0 Å². The standard InChI is InChI=1S/C8H3Cl3O4S/c9-7(12)4-2-1-3-5(16(11,14)15)6(4)8(10)13/h1-3H. The smallest absolute Gasteiger partial charge is 0.262 e. The molecule has 4 nitrogen and oxygen atoms in total. The number of carbonyl (C=O) groups excluding carboxylic acids is 2. The molecular weight excluding hydrogens is 299 g/mol. The molecule has 0 aromatic heterocycles. The van der Waals surface area contributed by atoms with Gasteiger partial charge in [0, 0.05) is 16.2 Å². The molecule has 0 aliphatic heterocycles. The highest BCUT2D eigenvalue weighted by atomic mass is 35.7. The van der Waals surface area contributed by atoms with E-state index in [1.54, 1.807) is 0 Å². The monoisotopic (exact) mass is 300 g/mol. The lowest BCUT2D eigenvalue weighted by Gasteiger charge is -2.05. The topological polar surface area (TPSA) is 68.3 Å². The fourth-order valence-electron chi connectivity index (χ4n) is 1.10. The third-order valence-corrected chi connectivity index (χ3v) is 3.45. The van der Waals surface area contributed by atoms with E-state index < -0.39 is 30.0 Å². The fourth-order valence-corrected chi connectivity index (χ4v) is 2.59. The average Bonchev–Trinajstić information content (AvgIpc) is 2.14. The molecule has 0 aliphatic rings. The van der Waals surface area contributed by atoms with Crippen LogP contribution in [0.1, 0.15) is 20.7 Å². The van der Waals surface area contributed by atoms with Gasteiger partial charge in [0.25, 0.3) is 19.5 Å². The zero-order valence-electron chi connectivity index (χ0n) is 7.41. The van der Waals surface area contributed by atoms with Crippen molar-refractivity contribution < 1.29 is 18.0 Å². The summed E-state index contributed by atoms with van der Waals surface area (Å²) in [5.74, 6) is 0. The van der Waals surface area contributed by atoms with E-state index in [-0.39, 0.29) is 5.56 Å². The Morgan fingerprint density at radius 2 is 1.62 bits per heavy atom. The summed E-state index contributed by atoms with van der Waals surface area (Å²) < 4.78 is 22.3. The molecule has 1 aromatic carbocycles. The summed E-state index contributed by atoms with van der Waals surface area (Å²) in [5.41, 5.74) is -0.817. The van der Waals surface area contributed by atoms with Crippen molar-refractivity contribution in [3.63, 3.8) is 0 Å². The summed E-state index contributed by atoms with van der Waals surface area (Å²) in [6.45, 7) is 0. The molecule has 86 valence electrons. The molecule has 0 heterocycles. The van der Waals surface area contributed by atoms with Gasteiger partial charge in [-0.3, -0.25) is 9.59 Å². The highest BCUT2D eigenvalue weighted by Gasteiger charge is 2.24. The van der Waals surface area contributed by atoms with Gasteiger partial charge >= 0.3 is 0 Å². The molecule has 1 aromatic rings. The first kappa shape index (κ1) is 13.4. The quantitative estimate of drug-likeness (QED) is 0.804. The predicted molar refractivity (Wildman–Crippen MR) is 59.8 cm³/mol. The first-order valence-corrected chi connectivity index (χ1v) is 6.79. The van der Waals surface area contributed by atoms with E-state index in [1.165, 1.54) is 12.1 Å². The fraction of sp³-hybridized carbons (Fsp3) is 0. The van der Waals surface area contributed by atoms with Crippen LogP contribution in [-0.4, -0.2) is 18.9 Å². The zero-order valence-corrected chi connectivity index (χ0v) is 10.5. The number of rotatable bonds is 3. The molecule has 0 N–H and O–H groups in total. The molecule has 0 saturated carbocycles. The lowest BCUT2D eigenvalue weighted by molar-refractivity contribution is 0.104. The molecule has 0 amide bonds. The van der Waals surface area contributed by atoms with Crippen LogP contribution in [0.25, 0.3) is 0 Å². The molecule has 0 atom stereocenters. The second kappa shape index (κ2) is 4.71. The second-order valence-electron chi connectivity index (χ2n) is 2.66. The SMILES string of the molecule is O=C(Cl)c1cccc(S(=O)(=O)Cl)c1C(=O)Cl. The minimum atomic E-state index is -4.18. The summed E-state index contributed by atoms with van der Waals surface area (Å²) in [7, 11) is 0.913. The predicted octanol–water partition coefficient (Wildman–Crippen LogP) is 2.37. The first-order chi connectivity index (χ1) is 7.25. The van der Waals surface area contributed by atoms with Crippen molar-refractivity contribution in [2.45, 2.75) is 4.90 Å². The molecule has 16 heavy (non-hydrogen) atoms. The van der Waals surface area contributed by atoms with Gasteiger partial charge in [0.1, 0.15) is 0 Å². The lowest BCUT2D eigenvalue weighted by atomic mass is 10.1. The third kappa shape index (κ3) is 2.74. The summed E-state index contributed by atoms with van der Waals surface area (Å²) in [6.07, 6.45) is 0.